The quantitative estimate of drug-likeness (QED) is 0.0904. The summed E-state index contributed by atoms with van der Waals surface area (Å²) < 4.78 is 2.35. The summed E-state index contributed by atoms with van der Waals surface area (Å²) in [6, 6.07) is 15.5. The molecule has 0 spiro atoms. The predicted molar refractivity (Wildman–Crippen MR) is 154 cm³/mol. The Kier molecular flexibility index (Phi) is 17.9. The summed E-state index contributed by atoms with van der Waals surface area (Å²) in [5.74, 6) is 0. The number of pyridine rings is 1. The highest BCUT2D eigenvalue weighted by molar-refractivity contribution is 5.14. The molecule has 0 amide bonds. The lowest BCUT2D eigenvalue weighted by Crippen LogP contribution is -2.32. The lowest BCUT2D eigenvalue weighted by molar-refractivity contribution is -0.697. The number of hydrogen-bond acceptors (Lipinski definition) is 0. The second-order valence-electron chi connectivity index (χ2n) is 10.4. The van der Waals surface area contributed by atoms with E-state index in [0.717, 1.165) is 6.54 Å². The summed E-state index contributed by atoms with van der Waals surface area (Å²) in [6.45, 7) is 3.42. The van der Waals surface area contributed by atoms with Gasteiger partial charge in [-0.1, -0.05) is 114 Å². The fourth-order valence-corrected chi connectivity index (χ4v) is 4.83. The van der Waals surface area contributed by atoms with E-state index < -0.39 is 0 Å². The van der Waals surface area contributed by atoms with Crippen molar-refractivity contribution in [1.29, 1.82) is 0 Å². The van der Waals surface area contributed by atoms with Crippen molar-refractivity contribution < 1.29 is 4.57 Å². The van der Waals surface area contributed by atoms with E-state index in [2.05, 4.69) is 78.5 Å². The Labute approximate surface area is 218 Å². The molecule has 0 N–H and O–H groups in total. The van der Waals surface area contributed by atoms with Gasteiger partial charge in [-0.3, -0.25) is 0 Å². The zero-order valence-electron chi connectivity index (χ0n) is 22.9. The number of aryl methyl sites for hydroxylation is 3. The van der Waals surface area contributed by atoms with Gasteiger partial charge in [0.15, 0.2) is 12.4 Å². The molecule has 2 aromatic rings. The highest BCUT2D eigenvalue weighted by Gasteiger charge is 2.02. The Morgan fingerprint density at radius 3 is 1.60 bits per heavy atom. The normalized spacial score (nSPS) is 11.5. The zero-order valence-corrected chi connectivity index (χ0v) is 22.9. The first kappa shape index (κ1) is 29.3. The van der Waals surface area contributed by atoms with Crippen molar-refractivity contribution in [3.8, 4) is 0 Å². The molecule has 1 heteroatoms. The third-order valence-corrected chi connectivity index (χ3v) is 7.16. The molecule has 0 aliphatic carbocycles. The Hall–Kier alpha value is -1.89. The molecule has 35 heavy (non-hydrogen) atoms. The van der Waals surface area contributed by atoms with Crippen LogP contribution in [0.15, 0.2) is 67.0 Å². The Bertz CT molecular complexity index is 731. The van der Waals surface area contributed by atoms with Gasteiger partial charge in [0.2, 0.25) is 0 Å². The number of benzene rings is 1. The molecule has 0 bridgehead atoms. The molecular formula is C34H54N+. The van der Waals surface area contributed by atoms with Gasteiger partial charge in [-0.2, -0.15) is 0 Å². The smallest absolute Gasteiger partial charge is 0.169 e. The minimum atomic E-state index is 1.13. The van der Waals surface area contributed by atoms with Gasteiger partial charge in [0.05, 0.1) is 0 Å². The Morgan fingerprint density at radius 2 is 1.00 bits per heavy atom. The third kappa shape index (κ3) is 16.4. The van der Waals surface area contributed by atoms with E-state index in [1.807, 2.05) is 0 Å². The van der Waals surface area contributed by atoms with E-state index in [1.54, 1.807) is 0 Å². The SMILES string of the molecule is CCCCCCCCC=CCCCCCCCCCc1cc[n+](CCCCc2ccccc2)cc1. The minimum absolute atomic E-state index is 1.13. The number of nitrogens with zero attached hydrogens (tertiary/aromatic N) is 1. The minimum Gasteiger partial charge on any atom is -0.205 e. The summed E-state index contributed by atoms with van der Waals surface area (Å²) >= 11 is 0. The van der Waals surface area contributed by atoms with E-state index in [4.69, 9.17) is 0 Å². The largest absolute Gasteiger partial charge is 0.205 e. The summed E-state index contributed by atoms with van der Waals surface area (Å²) in [5, 5.41) is 0. The molecule has 0 saturated carbocycles. The third-order valence-electron chi connectivity index (χ3n) is 7.16. The molecular weight excluding hydrogens is 422 g/mol. The monoisotopic (exact) mass is 476 g/mol. The van der Waals surface area contributed by atoms with E-state index in [1.165, 1.54) is 133 Å². The molecule has 0 fully saturated rings. The van der Waals surface area contributed by atoms with Crippen LogP contribution in [-0.4, -0.2) is 0 Å². The van der Waals surface area contributed by atoms with Gasteiger partial charge < -0.3 is 0 Å². The van der Waals surface area contributed by atoms with E-state index in [0.29, 0.717) is 0 Å². The van der Waals surface area contributed by atoms with Crippen LogP contribution in [0, 0.1) is 0 Å². The number of unbranched alkanes of at least 4 members (excludes halogenated alkanes) is 14. The van der Waals surface area contributed by atoms with Gasteiger partial charge in [-0.05, 0) is 62.5 Å². The van der Waals surface area contributed by atoms with Crippen molar-refractivity contribution in [2.75, 3.05) is 0 Å². The van der Waals surface area contributed by atoms with Crippen molar-refractivity contribution in [2.24, 2.45) is 0 Å². The predicted octanol–water partition coefficient (Wildman–Crippen LogP) is 9.97. The average Bonchev–Trinajstić information content (AvgIpc) is 2.90. The first-order valence-electron chi connectivity index (χ1n) is 15.1. The first-order chi connectivity index (χ1) is 17.4. The van der Waals surface area contributed by atoms with Crippen LogP contribution in [-0.2, 0) is 19.4 Å². The van der Waals surface area contributed by atoms with Crippen molar-refractivity contribution in [2.45, 2.75) is 135 Å². The maximum atomic E-state index is 2.43. The van der Waals surface area contributed by atoms with Crippen LogP contribution in [0.1, 0.15) is 127 Å². The molecule has 0 atom stereocenters. The molecule has 1 nitrogen and oxygen atoms in total. The lowest BCUT2D eigenvalue weighted by atomic mass is 10.0. The van der Waals surface area contributed by atoms with Gasteiger partial charge in [-0.25, -0.2) is 4.57 Å². The summed E-state index contributed by atoms with van der Waals surface area (Å²) in [4.78, 5) is 0. The maximum absolute atomic E-state index is 2.43. The fourth-order valence-electron chi connectivity index (χ4n) is 4.83. The molecule has 0 aliphatic rings. The van der Waals surface area contributed by atoms with Crippen LogP contribution in [0.3, 0.4) is 0 Å². The van der Waals surface area contributed by atoms with Crippen LogP contribution in [0.25, 0.3) is 0 Å². The summed E-state index contributed by atoms with van der Waals surface area (Å²) in [5.41, 5.74) is 2.96. The molecule has 1 heterocycles. The Balaban J connectivity index is 1.36. The molecule has 194 valence electrons. The van der Waals surface area contributed by atoms with Crippen molar-refractivity contribution in [3.63, 3.8) is 0 Å². The number of hydrogen-bond donors (Lipinski definition) is 0. The van der Waals surface area contributed by atoms with Crippen LogP contribution < -0.4 is 4.57 Å². The van der Waals surface area contributed by atoms with Crippen molar-refractivity contribution in [3.05, 3.63) is 78.1 Å². The topological polar surface area (TPSA) is 3.88 Å². The Morgan fingerprint density at radius 1 is 0.514 bits per heavy atom. The number of allylic oxidation sites excluding steroid dienone is 2. The highest BCUT2D eigenvalue weighted by Crippen LogP contribution is 2.12. The fraction of sp³-hybridized carbons (Fsp3) is 0.618. The average molecular weight is 477 g/mol. The number of rotatable bonds is 22. The molecule has 0 radical (unpaired) electrons. The molecule has 2 rings (SSSR count). The molecule has 0 aliphatic heterocycles. The van der Waals surface area contributed by atoms with Crippen molar-refractivity contribution >= 4 is 0 Å². The van der Waals surface area contributed by atoms with Gasteiger partial charge in [0.25, 0.3) is 0 Å². The standard InChI is InChI=1S/C34H54N/c1-2-3-4-5-6-7-8-9-10-11-12-13-14-15-16-17-19-26-34-28-31-35(32-29-34)30-23-22-27-33-24-20-18-21-25-33/h9-10,18,20-21,24-25,28-29,31-32H,2-8,11-17,19,22-23,26-27,30H2,1H3/q+1. The molecule has 0 saturated heterocycles. The molecule has 0 unspecified atom stereocenters. The molecule has 1 aromatic heterocycles. The highest BCUT2D eigenvalue weighted by atomic mass is 14.9. The van der Waals surface area contributed by atoms with Gasteiger partial charge >= 0.3 is 0 Å². The lowest BCUT2D eigenvalue weighted by Gasteiger charge is -2.03. The van der Waals surface area contributed by atoms with Crippen LogP contribution in [0.5, 0.6) is 0 Å². The van der Waals surface area contributed by atoms with Gasteiger partial charge in [-0.15, -0.1) is 0 Å². The molecule has 1 aromatic carbocycles. The first-order valence-corrected chi connectivity index (χ1v) is 15.1. The van der Waals surface area contributed by atoms with E-state index >= 15 is 0 Å². The van der Waals surface area contributed by atoms with E-state index in [9.17, 15) is 0 Å². The van der Waals surface area contributed by atoms with Crippen molar-refractivity contribution in [1.82, 2.24) is 0 Å². The second kappa shape index (κ2) is 21.4. The zero-order chi connectivity index (χ0) is 24.7. The van der Waals surface area contributed by atoms with Gasteiger partial charge in [0, 0.05) is 18.6 Å². The summed E-state index contributed by atoms with van der Waals surface area (Å²) in [7, 11) is 0. The number of aromatic nitrogens is 1. The summed E-state index contributed by atoms with van der Waals surface area (Å²) in [6.07, 6.45) is 35.1. The van der Waals surface area contributed by atoms with E-state index in [-0.39, 0.29) is 0 Å². The maximum Gasteiger partial charge on any atom is 0.169 e. The van der Waals surface area contributed by atoms with Crippen LogP contribution in [0.4, 0.5) is 0 Å². The van der Waals surface area contributed by atoms with Crippen LogP contribution in [0.2, 0.25) is 0 Å². The second-order valence-corrected chi connectivity index (χ2v) is 10.4. The van der Waals surface area contributed by atoms with Crippen LogP contribution >= 0.6 is 0 Å². The van der Waals surface area contributed by atoms with Gasteiger partial charge in [0.1, 0.15) is 6.54 Å².